The zero-order valence-corrected chi connectivity index (χ0v) is 24.8. The minimum atomic E-state index is -3.40. The lowest BCUT2D eigenvalue weighted by atomic mass is 9.95. The zero-order chi connectivity index (χ0) is 29.2. The van der Waals surface area contributed by atoms with Gasteiger partial charge in [-0.15, -0.1) is 5.10 Å². The second kappa shape index (κ2) is 14.5. The molecule has 1 atom stereocenters. The van der Waals surface area contributed by atoms with Crippen LogP contribution in [0.3, 0.4) is 0 Å². The van der Waals surface area contributed by atoms with Crippen LogP contribution < -0.4 is 10.2 Å². The van der Waals surface area contributed by atoms with Crippen molar-refractivity contribution < 1.29 is 23.6 Å². The molecule has 0 bridgehead atoms. The molecule has 0 saturated carbocycles. The minimum absolute atomic E-state index is 0.00921. The second-order valence-electron chi connectivity index (χ2n) is 10.4. The van der Waals surface area contributed by atoms with Gasteiger partial charge in [-0.05, 0) is 44.2 Å². The maximum absolute atomic E-state index is 13.6. The third-order valence-electron chi connectivity index (χ3n) is 7.16. The molecule has 0 fully saturated rings. The highest BCUT2D eigenvalue weighted by molar-refractivity contribution is 7.51. The minimum Gasteiger partial charge on any atom is -0.356 e. The fourth-order valence-electron chi connectivity index (χ4n) is 5.09. The van der Waals surface area contributed by atoms with E-state index in [4.69, 9.17) is 9.42 Å². The number of nitrogens with one attached hydrogen (secondary N) is 1. The molecule has 0 saturated heterocycles. The Balaban J connectivity index is 1.29. The predicted molar refractivity (Wildman–Crippen MR) is 159 cm³/mol. The molecule has 4 rings (SSSR count). The molecule has 0 aliphatic carbocycles. The van der Waals surface area contributed by atoms with E-state index in [0.717, 1.165) is 53.0 Å². The van der Waals surface area contributed by atoms with Crippen LogP contribution in [0.4, 0.5) is 5.69 Å². The molecule has 3 aromatic rings. The summed E-state index contributed by atoms with van der Waals surface area (Å²) >= 11 is 0. The number of fused-ring (bicyclic) bond motifs is 5. The smallest absolute Gasteiger partial charge is 0.325 e. The first-order chi connectivity index (χ1) is 19.8. The fraction of sp³-hybridized carbons (Fsp3) is 0.467. The summed E-state index contributed by atoms with van der Waals surface area (Å²) in [5.41, 5.74) is 5.52. The Morgan fingerprint density at radius 2 is 1.68 bits per heavy atom. The average Bonchev–Trinajstić information content (AvgIpc) is 3.37. The predicted octanol–water partition coefficient (Wildman–Crippen LogP) is 5.55. The van der Waals surface area contributed by atoms with E-state index in [1.165, 1.54) is 6.66 Å². The van der Waals surface area contributed by atoms with Crippen LogP contribution in [0.1, 0.15) is 63.9 Å². The van der Waals surface area contributed by atoms with E-state index in [1.54, 1.807) is 0 Å². The Hall–Kier alpha value is -3.33. The van der Waals surface area contributed by atoms with Crippen molar-refractivity contribution in [3.8, 4) is 22.5 Å². The molecule has 220 valence electrons. The standard InChI is InChI=1S/C30H40N5O5P/c1-3-35-30-24-15-7-6-14-23(24)22-34(26-17-9-8-16-25(26)29(30)32-33-35)28(37)19-11-10-18-27(36)31-20-12-4-5-13-21-40-41(2,38)39/h6-9,14-17H,3-5,10-13,18-22H2,1-2H3,(H,31,36)(H,38,39). The third kappa shape index (κ3) is 8.35. The lowest BCUT2D eigenvalue weighted by molar-refractivity contribution is -0.122. The molecule has 1 aliphatic rings. The first-order valence-corrected chi connectivity index (χ1v) is 16.4. The number of carbonyl (C=O) groups excluding carboxylic acids is 2. The van der Waals surface area contributed by atoms with Gasteiger partial charge >= 0.3 is 7.60 Å². The Kier molecular flexibility index (Phi) is 10.9. The van der Waals surface area contributed by atoms with Gasteiger partial charge in [0.15, 0.2) is 0 Å². The van der Waals surface area contributed by atoms with Crippen molar-refractivity contribution in [3.05, 3.63) is 54.1 Å². The van der Waals surface area contributed by atoms with E-state index in [-0.39, 0.29) is 18.4 Å². The number of hydrogen-bond donors (Lipinski definition) is 2. The second-order valence-corrected chi connectivity index (χ2v) is 12.2. The van der Waals surface area contributed by atoms with Gasteiger partial charge in [0.2, 0.25) is 11.8 Å². The van der Waals surface area contributed by atoms with Crippen LogP contribution in [0.25, 0.3) is 22.5 Å². The highest BCUT2D eigenvalue weighted by Gasteiger charge is 2.28. The van der Waals surface area contributed by atoms with Crippen molar-refractivity contribution in [1.82, 2.24) is 20.3 Å². The molecule has 0 spiro atoms. The van der Waals surface area contributed by atoms with Gasteiger partial charge in [-0.1, -0.05) is 60.5 Å². The molecule has 2 amide bonds. The average molecular weight is 582 g/mol. The summed E-state index contributed by atoms with van der Waals surface area (Å²) in [6.45, 7) is 5.24. The zero-order valence-electron chi connectivity index (χ0n) is 23.9. The number of unbranched alkanes of at least 4 members (excludes halogenated alkanes) is 4. The van der Waals surface area contributed by atoms with E-state index in [0.29, 0.717) is 51.7 Å². The number of carbonyl (C=O) groups is 2. The largest absolute Gasteiger partial charge is 0.356 e. The van der Waals surface area contributed by atoms with E-state index in [2.05, 4.69) is 27.8 Å². The summed E-state index contributed by atoms with van der Waals surface area (Å²) in [5.74, 6) is 0.00802. The number of nitrogens with zero attached hydrogens (tertiary/aromatic N) is 4. The Morgan fingerprint density at radius 3 is 2.46 bits per heavy atom. The van der Waals surface area contributed by atoms with Crippen LogP contribution in [-0.4, -0.2) is 51.5 Å². The van der Waals surface area contributed by atoms with Gasteiger partial charge < -0.3 is 19.6 Å². The number of rotatable bonds is 14. The van der Waals surface area contributed by atoms with Crippen molar-refractivity contribution in [2.75, 3.05) is 24.7 Å². The van der Waals surface area contributed by atoms with Crippen LogP contribution in [0.5, 0.6) is 0 Å². The quantitative estimate of drug-likeness (QED) is 0.189. The topological polar surface area (TPSA) is 127 Å². The number of amides is 2. The highest BCUT2D eigenvalue weighted by Crippen LogP contribution is 2.41. The third-order valence-corrected chi connectivity index (χ3v) is 7.82. The van der Waals surface area contributed by atoms with Gasteiger partial charge in [-0.2, -0.15) is 0 Å². The van der Waals surface area contributed by atoms with Gasteiger partial charge in [0.1, 0.15) is 5.69 Å². The van der Waals surface area contributed by atoms with E-state index >= 15 is 0 Å². The Morgan fingerprint density at radius 1 is 0.976 bits per heavy atom. The fourth-order valence-corrected chi connectivity index (χ4v) is 5.55. The number of anilines is 1. The van der Waals surface area contributed by atoms with Crippen molar-refractivity contribution in [2.45, 2.75) is 71.4 Å². The summed E-state index contributed by atoms with van der Waals surface area (Å²) < 4.78 is 17.8. The number of aromatic nitrogens is 3. The van der Waals surface area contributed by atoms with Gasteiger partial charge in [0, 0.05) is 43.7 Å². The molecule has 1 aromatic heterocycles. The van der Waals surface area contributed by atoms with Crippen molar-refractivity contribution in [2.24, 2.45) is 0 Å². The number of hydrogen-bond acceptors (Lipinski definition) is 6. The van der Waals surface area contributed by atoms with Crippen LogP contribution in [0.2, 0.25) is 0 Å². The first-order valence-electron chi connectivity index (χ1n) is 14.4. The first kappa shape index (κ1) is 30.6. The summed E-state index contributed by atoms with van der Waals surface area (Å²) in [5, 5.41) is 11.9. The molecule has 10 nitrogen and oxygen atoms in total. The molecule has 41 heavy (non-hydrogen) atoms. The molecule has 2 heterocycles. The summed E-state index contributed by atoms with van der Waals surface area (Å²) in [6.07, 6.45) is 5.33. The van der Waals surface area contributed by atoms with Crippen LogP contribution in [0.15, 0.2) is 48.5 Å². The summed E-state index contributed by atoms with van der Waals surface area (Å²) in [6, 6.07) is 16.0. The molecule has 1 unspecified atom stereocenters. The van der Waals surface area contributed by atoms with Crippen LogP contribution >= 0.6 is 7.60 Å². The van der Waals surface area contributed by atoms with Gasteiger partial charge in [0.25, 0.3) is 0 Å². The molecule has 0 radical (unpaired) electrons. The van der Waals surface area contributed by atoms with Gasteiger partial charge in [-0.3, -0.25) is 14.2 Å². The van der Waals surface area contributed by atoms with E-state index in [1.807, 2.05) is 52.9 Å². The lowest BCUT2D eigenvalue weighted by Gasteiger charge is -2.28. The molecule has 2 aromatic carbocycles. The molecule has 11 heteroatoms. The van der Waals surface area contributed by atoms with Crippen LogP contribution in [-0.2, 0) is 31.8 Å². The molecular formula is C30H40N5O5P. The van der Waals surface area contributed by atoms with Crippen LogP contribution in [0, 0.1) is 0 Å². The summed E-state index contributed by atoms with van der Waals surface area (Å²) in [7, 11) is -3.40. The normalized spacial score (nSPS) is 13.8. The van der Waals surface area contributed by atoms with Crippen molar-refractivity contribution in [1.29, 1.82) is 0 Å². The SMILES string of the molecule is CCn1nnc2c1-c1ccccc1CN(C(=O)CCCCC(=O)NCCCCCCOP(C)(=O)O)c1ccccc1-2. The maximum atomic E-state index is 13.6. The van der Waals surface area contributed by atoms with E-state index in [9.17, 15) is 14.2 Å². The molecule has 1 aliphatic heterocycles. The van der Waals surface area contributed by atoms with Gasteiger partial charge in [0.05, 0.1) is 24.5 Å². The summed E-state index contributed by atoms with van der Waals surface area (Å²) in [4.78, 5) is 36.8. The lowest BCUT2D eigenvalue weighted by Crippen LogP contribution is -2.31. The Labute approximate surface area is 241 Å². The Bertz CT molecular complexity index is 1390. The van der Waals surface area contributed by atoms with E-state index < -0.39 is 7.60 Å². The monoisotopic (exact) mass is 581 g/mol. The number of aryl methyl sites for hydroxylation is 1. The molecular weight excluding hydrogens is 541 g/mol. The maximum Gasteiger partial charge on any atom is 0.325 e. The van der Waals surface area contributed by atoms with Crippen molar-refractivity contribution >= 4 is 25.1 Å². The number of para-hydroxylation sites is 1. The number of benzene rings is 2. The molecule has 2 N–H and O–H groups in total. The highest BCUT2D eigenvalue weighted by atomic mass is 31.2. The van der Waals surface area contributed by atoms with Gasteiger partial charge in [-0.25, -0.2) is 4.68 Å². The van der Waals surface area contributed by atoms with Crippen molar-refractivity contribution in [3.63, 3.8) is 0 Å².